The number of rotatable bonds is 8. The van der Waals surface area contributed by atoms with Gasteiger partial charge in [-0.15, -0.1) is 0 Å². The van der Waals surface area contributed by atoms with E-state index in [1.165, 1.54) is 0 Å². The Morgan fingerprint density at radius 1 is 1.10 bits per heavy atom. The summed E-state index contributed by atoms with van der Waals surface area (Å²) < 4.78 is 21.6. The second-order valence-electron chi connectivity index (χ2n) is 4.59. The van der Waals surface area contributed by atoms with Crippen LogP contribution in [0.1, 0.15) is 0 Å². The van der Waals surface area contributed by atoms with Crippen molar-refractivity contribution in [3.8, 4) is 11.5 Å². The van der Waals surface area contributed by atoms with E-state index in [0.717, 1.165) is 51.0 Å². The van der Waals surface area contributed by atoms with Crippen molar-refractivity contribution in [3.63, 3.8) is 0 Å². The van der Waals surface area contributed by atoms with Crippen LogP contribution >= 0.6 is 0 Å². The van der Waals surface area contributed by atoms with E-state index in [9.17, 15) is 0 Å². The van der Waals surface area contributed by atoms with Crippen molar-refractivity contribution in [1.29, 1.82) is 0 Å². The lowest BCUT2D eigenvalue weighted by Crippen LogP contribution is -2.38. The Labute approximate surface area is 120 Å². The monoisotopic (exact) mass is 281 g/mol. The van der Waals surface area contributed by atoms with Gasteiger partial charge in [0.05, 0.1) is 33.5 Å². The van der Waals surface area contributed by atoms with Crippen molar-refractivity contribution in [2.75, 3.05) is 59.8 Å². The highest BCUT2D eigenvalue weighted by Gasteiger charge is 2.09. The number of nitrogens with zero attached hydrogens (tertiary/aromatic N) is 1. The van der Waals surface area contributed by atoms with Gasteiger partial charge in [-0.25, -0.2) is 0 Å². The summed E-state index contributed by atoms with van der Waals surface area (Å²) in [5.41, 5.74) is 0. The van der Waals surface area contributed by atoms with E-state index in [1.807, 2.05) is 24.3 Å². The lowest BCUT2D eigenvalue weighted by Gasteiger charge is -2.26. The minimum Gasteiger partial charge on any atom is -0.497 e. The quantitative estimate of drug-likeness (QED) is 0.674. The van der Waals surface area contributed by atoms with E-state index in [0.29, 0.717) is 13.2 Å². The molecular formula is C15H23NO4. The fraction of sp³-hybridized carbons (Fsp3) is 0.600. The number of benzene rings is 1. The molecule has 1 aromatic carbocycles. The maximum atomic E-state index is 5.60. The third kappa shape index (κ3) is 5.36. The first-order chi connectivity index (χ1) is 9.88. The second kappa shape index (κ2) is 8.79. The molecule has 5 nitrogen and oxygen atoms in total. The third-order valence-corrected chi connectivity index (χ3v) is 3.19. The van der Waals surface area contributed by atoms with Gasteiger partial charge in [-0.1, -0.05) is 6.07 Å². The van der Waals surface area contributed by atoms with Crippen LogP contribution in [0.4, 0.5) is 0 Å². The first kappa shape index (κ1) is 15.1. The molecule has 1 fully saturated rings. The van der Waals surface area contributed by atoms with E-state index in [-0.39, 0.29) is 0 Å². The summed E-state index contributed by atoms with van der Waals surface area (Å²) in [6, 6.07) is 7.59. The fourth-order valence-corrected chi connectivity index (χ4v) is 2.03. The van der Waals surface area contributed by atoms with Crippen molar-refractivity contribution >= 4 is 0 Å². The average molecular weight is 281 g/mol. The van der Waals surface area contributed by atoms with Crippen molar-refractivity contribution in [3.05, 3.63) is 24.3 Å². The molecule has 20 heavy (non-hydrogen) atoms. The summed E-state index contributed by atoms with van der Waals surface area (Å²) in [4.78, 5) is 2.35. The number of ether oxygens (including phenoxy) is 4. The van der Waals surface area contributed by atoms with Gasteiger partial charge in [-0.2, -0.15) is 0 Å². The van der Waals surface area contributed by atoms with Crippen LogP contribution in [-0.4, -0.2) is 64.7 Å². The van der Waals surface area contributed by atoms with Gasteiger partial charge >= 0.3 is 0 Å². The zero-order chi connectivity index (χ0) is 14.0. The molecule has 5 heteroatoms. The molecule has 0 saturated carbocycles. The summed E-state index contributed by atoms with van der Waals surface area (Å²) >= 11 is 0. The molecule has 1 heterocycles. The van der Waals surface area contributed by atoms with Gasteiger partial charge in [0, 0.05) is 25.7 Å². The Morgan fingerprint density at radius 3 is 2.70 bits per heavy atom. The number of methoxy groups -OCH3 is 1. The molecule has 1 aromatic rings. The van der Waals surface area contributed by atoms with Crippen LogP contribution in [0.2, 0.25) is 0 Å². The zero-order valence-corrected chi connectivity index (χ0v) is 12.0. The Hall–Kier alpha value is -1.30. The molecule has 0 spiro atoms. The largest absolute Gasteiger partial charge is 0.497 e. The highest BCUT2D eigenvalue weighted by Crippen LogP contribution is 2.18. The Kier molecular flexibility index (Phi) is 6.63. The van der Waals surface area contributed by atoms with Crippen LogP contribution in [-0.2, 0) is 9.47 Å². The van der Waals surface area contributed by atoms with Gasteiger partial charge in [0.15, 0.2) is 0 Å². The topological polar surface area (TPSA) is 40.2 Å². The van der Waals surface area contributed by atoms with Gasteiger partial charge in [0.25, 0.3) is 0 Å². The molecule has 0 aliphatic carbocycles. The standard InChI is InChI=1S/C15H23NO4/c1-17-14-3-2-4-15(13-14)20-12-11-19-10-7-16-5-8-18-9-6-16/h2-4,13H,5-12H2,1H3. The molecule has 0 bridgehead atoms. The van der Waals surface area contributed by atoms with Crippen molar-refractivity contribution in [1.82, 2.24) is 4.90 Å². The SMILES string of the molecule is COc1cccc(OCCOCCN2CCOCC2)c1. The van der Waals surface area contributed by atoms with Crippen molar-refractivity contribution in [2.24, 2.45) is 0 Å². The van der Waals surface area contributed by atoms with Crippen LogP contribution in [0.5, 0.6) is 11.5 Å². The van der Waals surface area contributed by atoms with Crippen LogP contribution in [0.15, 0.2) is 24.3 Å². The number of morpholine rings is 1. The molecule has 0 radical (unpaired) electrons. The van der Waals surface area contributed by atoms with Crippen molar-refractivity contribution < 1.29 is 18.9 Å². The van der Waals surface area contributed by atoms with Gasteiger partial charge < -0.3 is 18.9 Å². The minimum atomic E-state index is 0.552. The molecule has 0 atom stereocenters. The Bertz CT molecular complexity index is 380. The highest BCUT2D eigenvalue weighted by atomic mass is 16.5. The molecule has 0 aromatic heterocycles. The molecule has 0 unspecified atom stereocenters. The van der Waals surface area contributed by atoms with E-state index in [1.54, 1.807) is 7.11 Å². The summed E-state index contributed by atoms with van der Waals surface area (Å²) in [5.74, 6) is 1.61. The first-order valence-corrected chi connectivity index (χ1v) is 7.03. The minimum absolute atomic E-state index is 0.552. The molecule has 112 valence electrons. The number of hydrogen-bond donors (Lipinski definition) is 0. The van der Waals surface area contributed by atoms with E-state index in [4.69, 9.17) is 18.9 Å². The molecular weight excluding hydrogens is 258 g/mol. The van der Waals surface area contributed by atoms with Crippen molar-refractivity contribution in [2.45, 2.75) is 0 Å². The molecule has 0 amide bonds. The maximum Gasteiger partial charge on any atom is 0.123 e. The first-order valence-electron chi connectivity index (χ1n) is 7.03. The lowest BCUT2D eigenvalue weighted by molar-refractivity contribution is 0.0170. The second-order valence-corrected chi connectivity index (χ2v) is 4.59. The highest BCUT2D eigenvalue weighted by molar-refractivity contribution is 5.32. The number of hydrogen-bond acceptors (Lipinski definition) is 5. The Morgan fingerprint density at radius 2 is 1.90 bits per heavy atom. The maximum absolute atomic E-state index is 5.60. The van der Waals surface area contributed by atoms with Crippen LogP contribution in [0.25, 0.3) is 0 Å². The fourth-order valence-electron chi connectivity index (χ4n) is 2.03. The smallest absolute Gasteiger partial charge is 0.123 e. The van der Waals surface area contributed by atoms with Gasteiger partial charge in [0.1, 0.15) is 18.1 Å². The Balaban J connectivity index is 1.52. The van der Waals surface area contributed by atoms with Gasteiger partial charge in [0.2, 0.25) is 0 Å². The molecule has 2 rings (SSSR count). The van der Waals surface area contributed by atoms with E-state index in [2.05, 4.69) is 4.90 Å². The molecule has 1 aliphatic rings. The summed E-state index contributed by atoms with van der Waals surface area (Å²) in [6.07, 6.45) is 0. The predicted octanol–water partition coefficient (Wildman–Crippen LogP) is 1.42. The van der Waals surface area contributed by atoms with E-state index >= 15 is 0 Å². The van der Waals surface area contributed by atoms with Crippen LogP contribution in [0, 0.1) is 0 Å². The van der Waals surface area contributed by atoms with Crippen LogP contribution in [0.3, 0.4) is 0 Å². The normalized spacial score (nSPS) is 16.1. The summed E-state index contributed by atoms with van der Waals surface area (Å²) in [7, 11) is 1.65. The zero-order valence-electron chi connectivity index (χ0n) is 12.0. The molecule has 1 aliphatic heterocycles. The lowest BCUT2D eigenvalue weighted by atomic mass is 10.3. The van der Waals surface area contributed by atoms with E-state index < -0.39 is 0 Å². The summed E-state index contributed by atoms with van der Waals surface area (Å²) in [6.45, 7) is 6.52. The third-order valence-electron chi connectivity index (χ3n) is 3.19. The predicted molar refractivity (Wildman–Crippen MR) is 76.6 cm³/mol. The van der Waals surface area contributed by atoms with Gasteiger partial charge in [-0.3, -0.25) is 4.90 Å². The molecule has 1 saturated heterocycles. The van der Waals surface area contributed by atoms with Gasteiger partial charge in [-0.05, 0) is 12.1 Å². The van der Waals surface area contributed by atoms with Crippen LogP contribution < -0.4 is 9.47 Å². The summed E-state index contributed by atoms with van der Waals surface area (Å²) in [5, 5.41) is 0. The molecule has 0 N–H and O–H groups in total. The average Bonchev–Trinajstić information content (AvgIpc) is 2.52.